The Bertz CT molecular complexity index is 1790. The van der Waals surface area contributed by atoms with E-state index < -0.39 is 28.9 Å². The number of benzene rings is 2. The summed E-state index contributed by atoms with van der Waals surface area (Å²) in [5, 5.41) is 22.8. The van der Waals surface area contributed by atoms with Gasteiger partial charge in [-0.25, -0.2) is 13.2 Å². The second kappa shape index (κ2) is 11.3. The van der Waals surface area contributed by atoms with Crippen LogP contribution in [0.5, 0.6) is 11.8 Å². The normalized spacial score (nSPS) is 25.6. The molecule has 12 heteroatoms. The van der Waals surface area contributed by atoms with Gasteiger partial charge in [-0.2, -0.15) is 9.97 Å². The summed E-state index contributed by atoms with van der Waals surface area (Å²) in [4.78, 5) is 17.6. The van der Waals surface area contributed by atoms with E-state index in [4.69, 9.17) is 9.47 Å². The zero-order valence-electron chi connectivity index (χ0n) is 25.3. The van der Waals surface area contributed by atoms with E-state index in [9.17, 15) is 19.0 Å². The Balaban J connectivity index is 1.39. The van der Waals surface area contributed by atoms with Crippen LogP contribution in [0.3, 0.4) is 0 Å². The molecule has 2 aromatic carbocycles. The molecule has 0 spiro atoms. The van der Waals surface area contributed by atoms with E-state index in [1.54, 1.807) is 17.9 Å². The zero-order valence-corrected chi connectivity index (χ0v) is 25.3. The Morgan fingerprint density at radius 1 is 1.18 bits per heavy atom. The van der Waals surface area contributed by atoms with E-state index in [-0.39, 0.29) is 53.7 Å². The van der Waals surface area contributed by atoms with Gasteiger partial charge in [0.05, 0.1) is 30.7 Å². The lowest BCUT2D eigenvalue weighted by Gasteiger charge is -2.31. The fourth-order valence-electron chi connectivity index (χ4n) is 7.38. The minimum atomic E-state index is -1.20. The van der Waals surface area contributed by atoms with Crippen LogP contribution in [0.1, 0.15) is 38.7 Å². The summed E-state index contributed by atoms with van der Waals surface area (Å²) in [6.45, 7) is 5.70. The average molecular weight is 624 g/mol. The number of phenols is 1. The predicted molar refractivity (Wildman–Crippen MR) is 163 cm³/mol. The number of phenolic OH excluding ortho intramolecular Hbond substituents is 1. The molecule has 238 valence electrons. The van der Waals surface area contributed by atoms with Gasteiger partial charge in [-0.15, -0.1) is 0 Å². The van der Waals surface area contributed by atoms with Crippen molar-refractivity contribution in [3.8, 4) is 23.0 Å². The highest BCUT2D eigenvalue weighted by molar-refractivity contribution is 6.01. The zero-order chi connectivity index (χ0) is 31.5. The van der Waals surface area contributed by atoms with Crippen molar-refractivity contribution < 1.29 is 32.9 Å². The Labute approximate surface area is 258 Å². The Kier molecular flexibility index (Phi) is 7.49. The molecule has 5 heterocycles. The largest absolute Gasteiger partial charge is 0.508 e. The second-order valence-electron chi connectivity index (χ2n) is 12.8. The van der Waals surface area contributed by atoms with E-state index in [1.165, 1.54) is 24.4 Å². The van der Waals surface area contributed by atoms with Gasteiger partial charge in [0.15, 0.2) is 5.82 Å². The summed E-state index contributed by atoms with van der Waals surface area (Å²) in [6, 6.07) is 5.68. The molecule has 7 rings (SSSR count). The molecule has 3 fully saturated rings. The number of aryl methyl sites for hydroxylation is 1. The quantitative estimate of drug-likeness (QED) is 0.309. The first-order valence-electron chi connectivity index (χ1n) is 15.5. The van der Waals surface area contributed by atoms with Crippen molar-refractivity contribution >= 4 is 27.5 Å². The topological polar surface area (TPSA) is 104 Å². The number of aromatic nitrogens is 3. The number of hydrogen-bond donors (Lipinski definition) is 2. The van der Waals surface area contributed by atoms with Gasteiger partial charge in [0.2, 0.25) is 0 Å². The van der Waals surface area contributed by atoms with Crippen LogP contribution in [0.15, 0.2) is 30.5 Å². The predicted octanol–water partition coefficient (Wildman–Crippen LogP) is 4.93. The molecule has 9 nitrogen and oxygen atoms in total. The van der Waals surface area contributed by atoms with Crippen LogP contribution in [-0.2, 0) is 11.2 Å². The van der Waals surface area contributed by atoms with E-state index in [1.807, 2.05) is 6.92 Å². The Morgan fingerprint density at radius 2 is 2.02 bits per heavy atom. The van der Waals surface area contributed by atoms with Crippen LogP contribution in [0, 0.1) is 11.6 Å². The first-order valence-corrected chi connectivity index (χ1v) is 15.5. The molecule has 45 heavy (non-hydrogen) atoms. The van der Waals surface area contributed by atoms with Crippen LogP contribution >= 0.6 is 0 Å². The van der Waals surface area contributed by atoms with Crippen molar-refractivity contribution in [1.82, 2.24) is 19.9 Å². The lowest BCUT2D eigenvalue weighted by Crippen LogP contribution is -2.44. The van der Waals surface area contributed by atoms with Crippen LogP contribution in [0.25, 0.3) is 32.9 Å². The van der Waals surface area contributed by atoms with E-state index in [2.05, 4.69) is 19.9 Å². The number of aliphatic hydroxyl groups is 1. The van der Waals surface area contributed by atoms with Crippen molar-refractivity contribution in [2.24, 2.45) is 0 Å². The number of pyridine rings is 1. The monoisotopic (exact) mass is 623 g/mol. The van der Waals surface area contributed by atoms with Gasteiger partial charge in [0.1, 0.15) is 47.0 Å². The fraction of sp³-hybridized carbons (Fsp3) is 0.485. The van der Waals surface area contributed by atoms with Crippen LogP contribution in [0.4, 0.5) is 19.0 Å². The summed E-state index contributed by atoms with van der Waals surface area (Å²) in [7, 11) is 0. The molecule has 0 bridgehead atoms. The third kappa shape index (κ3) is 5.32. The number of β-amino-alcohol motifs (C(OH)–C–C–N with tert-alkyl or cyclic N) is 1. The summed E-state index contributed by atoms with van der Waals surface area (Å²) in [5.74, 6) is -1.02. The van der Waals surface area contributed by atoms with Crippen molar-refractivity contribution in [3.63, 3.8) is 0 Å². The molecule has 3 atom stereocenters. The summed E-state index contributed by atoms with van der Waals surface area (Å²) in [5.41, 5.74) is -1.25. The molecular weight excluding hydrogens is 587 g/mol. The second-order valence-corrected chi connectivity index (χ2v) is 12.8. The molecule has 0 saturated carbocycles. The number of halogens is 3. The van der Waals surface area contributed by atoms with E-state index in [0.717, 1.165) is 19.4 Å². The number of nitrogens with zero attached hydrogens (tertiary/aromatic N) is 5. The molecule has 3 saturated heterocycles. The minimum absolute atomic E-state index is 0.0775. The lowest BCUT2D eigenvalue weighted by atomic mass is 9.94. The van der Waals surface area contributed by atoms with Crippen LogP contribution in [-0.4, -0.2) is 93.4 Å². The molecule has 2 aromatic heterocycles. The molecule has 0 aliphatic carbocycles. The standard InChI is InChI=1S/C33H36F3N5O4/c1-3-22-25(35)6-5-19-11-21(42)12-23(26(19)22)28-27(36)29-24(14-37-28)30(40-9-10-44-17-32(2,43)16-40)39-31(38-29)45-18-33-7-4-8-41(33)15-20(34)13-33/h5-6,11-12,14,20,42-43H,3-4,7-10,13,15-18H2,1-2H3/t20-,32+,33+/m1/s1. The SMILES string of the molecule is CCc1c(F)ccc2cc(O)cc(-c3ncc4c(N5CCOC[C@@](C)(O)C5)nc(OC[C@@]56CCCN5C[C@H](F)C6)nc4c3F)c12. The summed E-state index contributed by atoms with van der Waals surface area (Å²) in [6.07, 6.45) is 2.92. The van der Waals surface area contributed by atoms with Crippen molar-refractivity contribution in [2.45, 2.75) is 56.8 Å². The smallest absolute Gasteiger partial charge is 0.319 e. The van der Waals surface area contributed by atoms with Gasteiger partial charge in [-0.1, -0.05) is 13.0 Å². The van der Waals surface area contributed by atoms with Gasteiger partial charge in [-0.05, 0) is 67.3 Å². The highest BCUT2D eigenvalue weighted by Gasteiger charge is 2.49. The molecule has 4 aromatic rings. The molecule has 0 radical (unpaired) electrons. The van der Waals surface area contributed by atoms with Gasteiger partial charge in [0, 0.05) is 31.3 Å². The van der Waals surface area contributed by atoms with E-state index >= 15 is 4.39 Å². The molecule has 0 unspecified atom stereocenters. The first kappa shape index (κ1) is 29.9. The van der Waals surface area contributed by atoms with Gasteiger partial charge >= 0.3 is 6.01 Å². The van der Waals surface area contributed by atoms with E-state index in [0.29, 0.717) is 54.7 Å². The van der Waals surface area contributed by atoms with Crippen molar-refractivity contribution in [3.05, 3.63) is 47.7 Å². The third-order valence-corrected chi connectivity index (χ3v) is 9.39. The highest BCUT2D eigenvalue weighted by Crippen LogP contribution is 2.42. The molecule has 3 aliphatic rings. The molecule has 2 N–H and O–H groups in total. The minimum Gasteiger partial charge on any atom is -0.508 e. The van der Waals surface area contributed by atoms with Gasteiger partial charge in [-0.3, -0.25) is 9.88 Å². The van der Waals surface area contributed by atoms with Crippen molar-refractivity contribution in [2.75, 3.05) is 50.9 Å². The van der Waals surface area contributed by atoms with Crippen LogP contribution in [0.2, 0.25) is 0 Å². The third-order valence-electron chi connectivity index (χ3n) is 9.39. The summed E-state index contributed by atoms with van der Waals surface area (Å²) < 4.78 is 58.0. The lowest BCUT2D eigenvalue weighted by molar-refractivity contribution is -0.0123. The Hall–Kier alpha value is -3.74. The number of hydrogen-bond acceptors (Lipinski definition) is 9. The molecular formula is C33H36F3N5O4. The van der Waals surface area contributed by atoms with Crippen molar-refractivity contribution in [1.29, 1.82) is 0 Å². The van der Waals surface area contributed by atoms with Gasteiger partial charge in [0.25, 0.3) is 0 Å². The number of rotatable bonds is 6. The van der Waals surface area contributed by atoms with Gasteiger partial charge < -0.3 is 24.6 Å². The van der Waals surface area contributed by atoms with Crippen LogP contribution < -0.4 is 9.64 Å². The first-order chi connectivity index (χ1) is 21.6. The maximum Gasteiger partial charge on any atom is 0.319 e. The number of ether oxygens (including phenoxy) is 2. The summed E-state index contributed by atoms with van der Waals surface area (Å²) >= 11 is 0. The average Bonchev–Trinajstić information content (AvgIpc) is 3.46. The highest BCUT2D eigenvalue weighted by atomic mass is 19.1. The Morgan fingerprint density at radius 3 is 2.84 bits per heavy atom. The number of aromatic hydroxyl groups is 1. The number of fused-ring (bicyclic) bond motifs is 3. The maximum atomic E-state index is 16.8. The maximum absolute atomic E-state index is 16.8. The molecule has 0 amide bonds. The number of alkyl halides is 1. The fourth-order valence-corrected chi connectivity index (χ4v) is 7.38. The molecule has 3 aliphatic heterocycles. The number of anilines is 1.